The van der Waals surface area contributed by atoms with Gasteiger partial charge in [-0.1, -0.05) is 43.8 Å². The smallest absolute Gasteiger partial charge is 0.267 e. The summed E-state index contributed by atoms with van der Waals surface area (Å²) in [5, 5.41) is 3.73. The summed E-state index contributed by atoms with van der Waals surface area (Å²) in [5.74, 6) is 0.648. The Hall–Kier alpha value is -3.78. The lowest BCUT2D eigenvalue weighted by molar-refractivity contribution is -0.116. The fraction of sp³-hybridized carbons (Fsp3) is 0.222. The number of anilines is 1. The normalized spacial score (nSPS) is 11.1. The lowest BCUT2D eigenvalue weighted by atomic mass is 10.1. The van der Waals surface area contributed by atoms with Crippen LogP contribution in [-0.4, -0.2) is 32.0 Å². The van der Waals surface area contributed by atoms with Gasteiger partial charge in [0.05, 0.1) is 16.7 Å². The third-order valence-corrected chi connectivity index (χ3v) is 6.23. The van der Waals surface area contributed by atoms with Crippen LogP contribution in [0, 0.1) is 12.8 Å². The first-order chi connectivity index (χ1) is 16.8. The highest BCUT2D eigenvalue weighted by Crippen LogP contribution is 2.22. The van der Waals surface area contributed by atoms with E-state index in [1.165, 1.54) is 16.3 Å². The van der Waals surface area contributed by atoms with Crippen molar-refractivity contribution in [2.45, 2.75) is 32.3 Å². The third kappa shape index (κ3) is 5.84. The summed E-state index contributed by atoms with van der Waals surface area (Å²) < 4.78 is 1.45. The molecule has 1 N–H and O–H groups in total. The second-order valence-corrected chi connectivity index (χ2v) is 9.62. The largest absolute Gasteiger partial charge is 0.326 e. The standard InChI is InChI=1S/C27H26N4O3S/c1-17(2)14-25(33)29-20-11-9-19(10-12-20)23(32)16-35-27-30-22-7-5-4-6-21(22)26(34)31(27)24-13-8-18(3)15-28-24/h4-13,15,17H,14,16H2,1-3H3,(H,29,33). The summed E-state index contributed by atoms with van der Waals surface area (Å²) in [6.45, 7) is 5.89. The highest BCUT2D eigenvalue weighted by atomic mass is 32.2. The van der Waals surface area contributed by atoms with E-state index in [1.54, 1.807) is 54.7 Å². The molecule has 0 aliphatic carbocycles. The molecule has 35 heavy (non-hydrogen) atoms. The van der Waals surface area contributed by atoms with E-state index < -0.39 is 0 Å². The van der Waals surface area contributed by atoms with Gasteiger partial charge in [-0.25, -0.2) is 14.5 Å². The molecule has 0 atom stereocenters. The van der Waals surface area contributed by atoms with Gasteiger partial charge in [0.2, 0.25) is 5.91 Å². The average Bonchev–Trinajstić information content (AvgIpc) is 2.83. The molecular formula is C27H26N4O3S. The predicted molar refractivity (Wildman–Crippen MR) is 139 cm³/mol. The van der Waals surface area contributed by atoms with E-state index in [4.69, 9.17) is 0 Å². The van der Waals surface area contributed by atoms with Crippen LogP contribution in [0.4, 0.5) is 5.69 Å². The molecule has 4 aromatic rings. The monoisotopic (exact) mass is 486 g/mol. The maximum atomic E-state index is 13.3. The van der Waals surface area contributed by atoms with E-state index in [1.807, 2.05) is 32.9 Å². The van der Waals surface area contributed by atoms with Gasteiger partial charge in [-0.2, -0.15) is 0 Å². The van der Waals surface area contributed by atoms with Gasteiger partial charge in [-0.15, -0.1) is 0 Å². The fourth-order valence-electron chi connectivity index (χ4n) is 3.54. The molecule has 7 nitrogen and oxygen atoms in total. The van der Waals surface area contributed by atoms with E-state index in [0.717, 1.165) is 5.56 Å². The molecule has 0 radical (unpaired) electrons. The van der Waals surface area contributed by atoms with Crippen LogP contribution in [0.1, 0.15) is 36.2 Å². The number of ketones is 1. The zero-order valence-electron chi connectivity index (χ0n) is 19.8. The number of nitrogens with zero attached hydrogens (tertiary/aromatic N) is 3. The highest BCUT2D eigenvalue weighted by Gasteiger charge is 2.16. The van der Waals surface area contributed by atoms with Gasteiger partial charge in [0, 0.05) is 23.9 Å². The minimum Gasteiger partial charge on any atom is -0.326 e. The van der Waals surface area contributed by atoms with Crippen molar-refractivity contribution in [1.29, 1.82) is 0 Å². The molecule has 0 saturated heterocycles. The van der Waals surface area contributed by atoms with Gasteiger partial charge in [0.1, 0.15) is 5.82 Å². The van der Waals surface area contributed by atoms with Gasteiger partial charge in [0.15, 0.2) is 10.9 Å². The number of nitrogens with one attached hydrogen (secondary N) is 1. The molecule has 8 heteroatoms. The number of Topliss-reactive ketones (excluding diaryl/α,β-unsaturated/α-hetero) is 1. The number of hydrogen-bond donors (Lipinski definition) is 1. The van der Waals surface area contributed by atoms with Crippen molar-refractivity contribution >= 4 is 40.0 Å². The summed E-state index contributed by atoms with van der Waals surface area (Å²) in [7, 11) is 0. The first-order valence-electron chi connectivity index (χ1n) is 11.3. The first-order valence-corrected chi connectivity index (χ1v) is 12.3. The third-order valence-electron chi connectivity index (χ3n) is 5.29. The summed E-state index contributed by atoms with van der Waals surface area (Å²) in [6.07, 6.45) is 2.13. The minimum absolute atomic E-state index is 0.0558. The Morgan fingerprint density at radius 2 is 1.77 bits per heavy atom. The zero-order chi connectivity index (χ0) is 24.9. The molecule has 178 valence electrons. The summed E-state index contributed by atoms with van der Waals surface area (Å²) in [4.78, 5) is 47.2. The lowest BCUT2D eigenvalue weighted by Gasteiger charge is -2.12. The van der Waals surface area contributed by atoms with Crippen molar-refractivity contribution in [3.63, 3.8) is 0 Å². The molecule has 1 amide bonds. The number of pyridine rings is 1. The lowest BCUT2D eigenvalue weighted by Crippen LogP contribution is -2.23. The molecule has 2 heterocycles. The van der Waals surface area contributed by atoms with Crippen molar-refractivity contribution in [3.8, 4) is 5.82 Å². The van der Waals surface area contributed by atoms with Crippen LogP contribution >= 0.6 is 11.8 Å². The van der Waals surface area contributed by atoms with Gasteiger partial charge >= 0.3 is 0 Å². The van der Waals surface area contributed by atoms with Crippen molar-refractivity contribution < 1.29 is 9.59 Å². The van der Waals surface area contributed by atoms with Crippen LogP contribution in [0.2, 0.25) is 0 Å². The molecule has 0 saturated carbocycles. The molecule has 2 aromatic heterocycles. The first kappa shape index (κ1) is 24.3. The van der Waals surface area contributed by atoms with Crippen LogP contribution in [0.15, 0.2) is 76.8 Å². The SMILES string of the molecule is Cc1ccc(-n2c(SCC(=O)c3ccc(NC(=O)CC(C)C)cc3)nc3ccccc3c2=O)nc1. The maximum absolute atomic E-state index is 13.3. The number of hydrogen-bond acceptors (Lipinski definition) is 6. The number of rotatable bonds is 8. The maximum Gasteiger partial charge on any atom is 0.267 e. The van der Waals surface area contributed by atoms with Crippen LogP contribution in [-0.2, 0) is 4.79 Å². The number of thioether (sulfide) groups is 1. The zero-order valence-corrected chi connectivity index (χ0v) is 20.6. The van der Waals surface area contributed by atoms with E-state index in [9.17, 15) is 14.4 Å². The van der Waals surface area contributed by atoms with E-state index in [0.29, 0.717) is 39.5 Å². The number of benzene rings is 2. The van der Waals surface area contributed by atoms with Gasteiger partial charge in [-0.05, 0) is 60.9 Å². The molecule has 0 bridgehead atoms. The summed E-state index contributed by atoms with van der Waals surface area (Å²) in [5.41, 5.74) is 2.47. The number of aryl methyl sites for hydroxylation is 1. The Morgan fingerprint density at radius 1 is 1.03 bits per heavy atom. The van der Waals surface area contributed by atoms with Crippen LogP contribution in [0.3, 0.4) is 0 Å². The molecule has 0 aliphatic rings. The van der Waals surface area contributed by atoms with Crippen LogP contribution in [0.25, 0.3) is 16.7 Å². The fourth-order valence-corrected chi connectivity index (χ4v) is 4.43. The van der Waals surface area contributed by atoms with Crippen molar-refractivity contribution in [2.75, 3.05) is 11.1 Å². The Morgan fingerprint density at radius 3 is 2.46 bits per heavy atom. The summed E-state index contributed by atoms with van der Waals surface area (Å²) >= 11 is 1.19. The number of aromatic nitrogens is 3. The Labute approximate surface area is 207 Å². The molecule has 2 aromatic carbocycles. The number of amides is 1. The Balaban J connectivity index is 1.56. The second kappa shape index (κ2) is 10.7. The highest BCUT2D eigenvalue weighted by molar-refractivity contribution is 7.99. The molecular weight excluding hydrogens is 460 g/mol. The molecule has 0 spiro atoms. The molecule has 0 fully saturated rings. The number of carbonyl (C=O) groups excluding carboxylic acids is 2. The van der Waals surface area contributed by atoms with Gasteiger partial charge in [-0.3, -0.25) is 14.4 Å². The quantitative estimate of drug-likeness (QED) is 0.213. The average molecular weight is 487 g/mol. The van der Waals surface area contributed by atoms with Gasteiger partial charge in [0.25, 0.3) is 5.56 Å². The van der Waals surface area contributed by atoms with E-state index >= 15 is 0 Å². The Bertz CT molecular complexity index is 1430. The van der Waals surface area contributed by atoms with Crippen LogP contribution < -0.4 is 10.9 Å². The summed E-state index contributed by atoms with van der Waals surface area (Å²) in [6, 6.07) is 17.6. The number of para-hydroxylation sites is 1. The number of carbonyl (C=O) groups is 2. The molecule has 4 rings (SSSR count). The van der Waals surface area contributed by atoms with Gasteiger partial charge < -0.3 is 5.32 Å². The topological polar surface area (TPSA) is 94.0 Å². The predicted octanol–water partition coefficient (Wildman–Crippen LogP) is 5.05. The van der Waals surface area contributed by atoms with Crippen molar-refractivity contribution in [1.82, 2.24) is 14.5 Å². The number of fused-ring (bicyclic) bond motifs is 1. The van der Waals surface area contributed by atoms with Crippen molar-refractivity contribution in [3.05, 3.63) is 88.3 Å². The molecule has 0 unspecified atom stereocenters. The molecule has 0 aliphatic heterocycles. The minimum atomic E-state index is -0.233. The second-order valence-electron chi connectivity index (χ2n) is 8.68. The van der Waals surface area contributed by atoms with E-state index in [2.05, 4.69) is 15.3 Å². The van der Waals surface area contributed by atoms with Crippen molar-refractivity contribution in [2.24, 2.45) is 5.92 Å². The Kier molecular flexibility index (Phi) is 7.41. The van der Waals surface area contributed by atoms with E-state index in [-0.39, 0.29) is 28.9 Å². The van der Waals surface area contributed by atoms with Crippen LogP contribution in [0.5, 0.6) is 0 Å².